The standard InChI is InChI=1S/C15H18FNO3/c1-9-6-7-10(16)8-12(9)14-11(15(19)20)4-3-5-13(18)17(14)2/h6-8,11,14H,3-5H2,1-2H3,(H,19,20). The van der Waals surface area contributed by atoms with Gasteiger partial charge in [0, 0.05) is 13.5 Å². The monoisotopic (exact) mass is 279 g/mol. The van der Waals surface area contributed by atoms with Crippen molar-refractivity contribution < 1.29 is 19.1 Å². The summed E-state index contributed by atoms with van der Waals surface area (Å²) in [6.07, 6.45) is 1.31. The van der Waals surface area contributed by atoms with Crippen molar-refractivity contribution in [3.05, 3.63) is 35.1 Å². The number of nitrogens with zero attached hydrogens (tertiary/aromatic N) is 1. The maximum atomic E-state index is 13.5. The molecule has 1 aromatic carbocycles. The minimum atomic E-state index is -0.944. The molecule has 20 heavy (non-hydrogen) atoms. The largest absolute Gasteiger partial charge is 0.481 e. The number of halogens is 1. The molecule has 1 amide bonds. The molecule has 5 heteroatoms. The fourth-order valence-electron chi connectivity index (χ4n) is 2.85. The average Bonchev–Trinajstić information content (AvgIpc) is 2.53. The average molecular weight is 279 g/mol. The Labute approximate surface area is 117 Å². The zero-order chi connectivity index (χ0) is 14.9. The number of aryl methyl sites for hydroxylation is 1. The van der Waals surface area contributed by atoms with Crippen molar-refractivity contribution in [2.45, 2.75) is 32.2 Å². The van der Waals surface area contributed by atoms with E-state index in [0.29, 0.717) is 24.8 Å². The van der Waals surface area contributed by atoms with Gasteiger partial charge in [-0.1, -0.05) is 6.07 Å². The van der Waals surface area contributed by atoms with E-state index < -0.39 is 23.7 Å². The van der Waals surface area contributed by atoms with E-state index in [-0.39, 0.29) is 5.91 Å². The molecule has 1 aliphatic rings. The number of likely N-dealkylation sites (tertiary alicyclic amines) is 1. The molecule has 2 rings (SSSR count). The highest BCUT2D eigenvalue weighted by atomic mass is 19.1. The molecule has 108 valence electrons. The zero-order valence-corrected chi connectivity index (χ0v) is 11.6. The van der Waals surface area contributed by atoms with Crippen molar-refractivity contribution in [1.29, 1.82) is 0 Å². The Morgan fingerprint density at radius 3 is 2.80 bits per heavy atom. The summed E-state index contributed by atoms with van der Waals surface area (Å²) in [5, 5.41) is 9.43. The van der Waals surface area contributed by atoms with Gasteiger partial charge in [0.25, 0.3) is 0 Å². The van der Waals surface area contributed by atoms with Gasteiger partial charge >= 0.3 is 5.97 Å². The molecule has 1 fully saturated rings. The van der Waals surface area contributed by atoms with E-state index in [4.69, 9.17) is 0 Å². The third-order valence-electron chi connectivity index (χ3n) is 3.97. The molecule has 2 atom stereocenters. The lowest BCUT2D eigenvalue weighted by Gasteiger charge is -2.31. The van der Waals surface area contributed by atoms with Crippen LogP contribution in [0.1, 0.15) is 36.4 Å². The highest BCUT2D eigenvalue weighted by Gasteiger charge is 2.37. The van der Waals surface area contributed by atoms with Crippen LogP contribution in [0.3, 0.4) is 0 Å². The van der Waals surface area contributed by atoms with Crippen LogP contribution >= 0.6 is 0 Å². The number of carboxylic acid groups (broad SMARTS) is 1. The summed E-state index contributed by atoms with van der Waals surface area (Å²) in [4.78, 5) is 25.0. The summed E-state index contributed by atoms with van der Waals surface area (Å²) in [6, 6.07) is 3.68. The van der Waals surface area contributed by atoms with Gasteiger partial charge in [0.1, 0.15) is 5.82 Å². The van der Waals surface area contributed by atoms with E-state index >= 15 is 0 Å². The zero-order valence-electron chi connectivity index (χ0n) is 11.6. The number of benzene rings is 1. The van der Waals surface area contributed by atoms with E-state index in [9.17, 15) is 19.1 Å². The third kappa shape index (κ3) is 2.66. The van der Waals surface area contributed by atoms with E-state index in [1.54, 1.807) is 20.0 Å². The SMILES string of the molecule is Cc1ccc(F)cc1C1C(C(=O)O)CCCC(=O)N1C. The molecule has 0 radical (unpaired) electrons. The molecule has 1 aromatic rings. The van der Waals surface area contributed by atoms with Gasteiger partial charge in [-0.2, -0.15) is 0 Å². The lowest BCUT2D eigenvalue weighted by molar-refractivity contribution is -0.145. The molecule has 1 N–H and O–H groups in total. The summed E-state index contributed by atoms with van der Waals surface area (Å²) in [6.45, 7) is 1.80. The smallest absolute Gasteiger partial charge is 0.308 e. The van der Waals surface area contributed by atoms with Crippen LogP contribution in [-0.4, -0.2) is 28.9 Å². The second kappa shape index (κ2) is 5.61. The number of rotatable bonds is 2. The van der Waals surface area contributed by atoms with Crippen LogP contribution in [0.4, 0.5) is 4.39 Å². The van der Waals surface area contributed by atoms with E-state index in [1.165, 1.54) is 17.0 Å². The van der Waals surface area contributed by atoms with E-state index in [1.807, 2.05) is 0 Å². The van der Waals surface area contributed by atoms with Crippen molar-refractivity contribution in [3.63, 3.8) is 0 Å². The highest BCUT2D eigenvalue weighted by Crippen LogP contribution is 2.36. The maximum Gasteiger partial charge on any atom is 0.308 e. The molecule has 0 bridgehead atoms. The third-order valence-corrected chi connectivity index (χ3v) is 3.97. The van der Waals surface area contributed by atoms with Crippen molar-refractivity contribution in [2.75, 3.05) is 7.05 Å². The van der Waals surface area contributed by atoms with Gasteiger partial charge in [-0.05, 0) is 43.0 Å². The molecule has 0 aliphatic carbocycles. The van der Waals surface area contributed by atoms with Gasteiger partial charge in [0.2, 0.25) is 5.91 Å². The molecular weight excluding hydrogens is 261 g/mol. The molecule has 2 unspecified atom stereocenters. The highest BCUT2D eigenvalue weighted by molar-refractivity contribution is 5.79. The topological polar surface area (TPSA) is 57.6 Å². The number of carbonyl (C=O) groups excluding carboxylic acids is 1. The van der Waals surface area contributed by atoms with Gasteiger partial charge in [0.05, 0.1) is 12.0 Å². The Bertz CT molecular complexity index is 544. The first-order valence-corrected chi connectivity index (χ1v) is 6.66. The Morgan fingerprint density at radius 1 is 1.45 bits per heavy atom. The Hall–Kier alpha value is -1.91. The van der Waals surface area contributed by atoms with Crippen molar-refractivity contribution in [3.8, 4) is 0 Å². The molecule has 4 nitrogen and oxygen atoms in total. The molecule has 0 saturated carbocycles. The summed E-state index contributed by atoms with van der Waals surface area (Å²) >= 11 is 0. The van der Waals surface area contributed by atoms with Gasteiger partial charge < -0.3 is 10.0 Å². The number of hydrogen-bond donors (Lipinski definition) is 1. The van der Waals surface area contributed by atoms with Gasteiger partial charge in [-0.3, -0.25) is 9.59 Å². The second-order valence-corrected chi connectivity index (χ2v) is 5.29. The predicted molar refractivity (Wildman–Crippen MR) is 71.6 cm³/mol. The first kappa shape index (κ1) is 14.5. The van der Waals surface area contributed by atoms with Crippen LogP contribution in [0.2, 0.25) is 0 Å². The number of hydrogen-bond acceptors (Lipinski definition) is 2. The lowest BCUT2D eigenvalue weighted by Crippen LogP contribution is -2.36. The van der Waals surface area contributed by atoms with Gasteiger partial charge in [0.15, 0.2) is 0 Å². The van der Waals surface area contributed by atoms with Crippen molar-refractivity contribution in [1.82, 2.24) is 4.90 Å². The van der Waals surface area contributed by atoms with Crippen LogP contribution in [-0.2, 0) is 9.59 Å². The van der Waals surface area contributed by atoms with Crippen LogP contribution in [0.25, 0.3) is 0 Å². The summed E-state index contributed by atoms with van der Waals surface area (Å²) < 4.78 is 13.5. The molecular formula is C15H18FNO3. The molecule has 0 spiro atoms. The normalized spacial score (nSPS) is 23.6. The molecule has 1 heterocycles. The molecule has 1 saturated heterocycles. The van der Waals surface area contributed by atoms with Crippen molar-refractivity contribution >= 4 is 11.9 Å². The Balaban J connectivity index is 2.52. The van der Waals surface area contributed by atoms with Crippen LogP contribution in [0.5, 0.6) is 0 Å². The number of aliphatic carboxylic acids is 1. The minimum absolute atomic E-state index is 0.0950. The second-order valence-electron chi connectivity index (χ2n) is 5.29. The summed E-state index contributed by atoms with van der Waals surface area (Å²) in [5.74, 6) is -2.16. The fraction of sp³-hybridized carbons (Fsp3) is 0.467. The number of carboxylic acids is 1. The van der Waals surface area contributed by atoms with E-state index in [0.717, 1.165) is 5.56 Å². The first-order valence-electron chi connectivity index (χ1n) is 6.66. The van der Waals surface area contributed by atoms with Crippen LogP contribution in [0.15, 0.2) is 18.2 Å². The minimum Gasteiger partial charge on any atom is -0.481 e. The van der Waals surface area contributed by atoms with Gasteiger partial charge in [-0.25, -0.2) is 4.39 Å². The molecule has 0 aromatic heterocycles. The Kier molecular flexibility index (Phi) is 4.06. The van der Waals surface area contributed by atoms with Crippen LogP contribution < -0.4 is 0 Å². The number of amides is 1. The maximum absolute atomic E-state index is 13.5. The Morgan fingerprint density at radius 2 is 2.15 bits per heavy atom. The quantitative estimate of drug-likeness (QED) is 0.905. The lowest BCUT2D eigenvalue weighted by atomic mass is 9.87. The summed E-state index contributed by atoms with van der Waals surface area (Å²) in [5.41, 5.74) is 1.37. The van der Waals surface area contributed by atoms with Gasteiger partial charge in [-0.15, -0.1) is 0 Å². The number of carbonyl (C=O) groups is 2. The first-order chi connectivity index (χ1) is 9.41. The fourth-order valence-corrected chi connectivity index (χ4v) is 2.85. The van der Waals surface area contributed by atoms with E-state index in [2.05, 4.69) is 0 Å². The predicted octanol–water partition coefficient (Wildman–Crippen LogP) is 2.52. The van der Waals surface area contributed by atoms with Crippen molar-refractivity contribution in [2.24, 2.45) is 5.92 Å². The van der Waals surface area contributed by atoms with Crippen LogP contribution in [0, 0.1) is 18.7 Å². The molecule has 1 aliphatic heterocycles. The summed E-state index contributed by atoms with van der Waals surface area (Å²) in [7, 11) is 1.60.